The van der Waals surface area contributed by atoms with Gasteiger partial charge in [-0.3, -0.25) is 0 Å². The molecule has 0 aliphatic rings. The molecule has 0 bridgehead atoms. The highest BCUT2D eigenvalue weighted by Gasteiger charge is 2.12. The van der Waals surface area contributed by atoms with Gasteiger partial charge in [-0.25, -0.2) is 8.78 Å². The first-order valence-corrected chi connectivity index (χ1v) is 6.16. The maximum Gasteiger partial charge on any atom is 0.183 e. The molecule has 0 spiro atoms. The Morgan fingerprint density at radius 1 is 1.41 bits per heavy atom. The van der Waals surface area contributed by atoms with Crippen molar-refractivity contribution in [1.29, 1.82) is 5.26 Å². The number of nitriles is 1. The molecule has 0 radical (unpaired) electrons. The zero-order valence-corrected chi connectivity index (χ0v) is 9.99. The molecule has 0 atom stereocenters. The number of thioether (sulfide) groups is 1. The predicted octanol–water partition coefficient (Wildman–Crippen LogP) is 3.17. The summed E-state index contributed by atoms with van der Waals surface area (Å²) in [6, 6.07) is 4.22. The predicted molar refractivity (Wildman–Crippen MR) is 67.1 cm³/mol. The van der Waals surface area contributed by atoms with E-state index in [-0.39, 0.29) is 11.3 Å². The van der Waals surface area contributed by atoms with E-state index in [2.05, 4.69) is 11.9 Å². The summed E-state index contributed by atoms with van der Waals surface area (Å²) in [5.74, 6) is -0.507. The van der Waals surface area contributed by atoms with Crippen LogP contribution < -0.4 is 5.32 Å². The monoisotopic (exact) mass is 254 g/mol. The minimum atomic E-state index is -1.10. The Bertz CT molecular complexity index is 441. The van der Waals surface area contributed by atoms with E-state index in [1.807, 2.05) is 0 Å². The van der Waals surface area contributed by atoms with Crippen molar-refractivity contribution in [3.05, 3.63) is 42.0 Å². The first-order valence-electron chi connectivity index (χ1n) is 5.01. The molecular weight excluding hydrogens is 242 g/mol. The van der Waals surface area contributed by atoms with Crippen molar-refractivity contribution in [2.75, 3.05) is 23.4 Å². The second-order valence-electron chi connectivity index (χ2n) is 3.19. The largest absolute Gasteiger partial charge is 0.382 e. The van der Waals surface area contributed by atoms with Crippen LogP contribution in [0.25, 0.3) is 0 Å². The lowest BCUT2D eigenvalue weighted by molar-refractivity contribution is 0.509. The lowest BCUT2D eigenvalue weighted by Gasteiger charge is -2.07. The highest BCUT2D eigenvalue weighted by Crippen LogP contribution is 2.20. The lowest BCUT2D eigenvalue weighted by atomic mass is 10.2. The molecule has 17 heavy (non-hydrogen) atoms. The van der Waals surface area contributed by atoms with Gasteiger partial charge >= 0.3 is 0 Å². The Balaban J connectivity index is 2.58. The Hall–Kier alpha value is -1.54. The van der Waals surface area contributed by atoms with Crippen molar-refractivity contribution in [1.82, 2.24) is 0 Å². The first-order chi connectivity index (χ1) is 8.20. The highest BCUT2D eigenvalue weighted by molar-refractivity contribution is 7.99. The van der Waals surface area contributed by atoms with Gasteiger partial charge in [-0.2, -0.15) is 17.0 Å². The zero-order chi connectivity index (χ0) is 12.7. The summed E-state index contributed by atoms with van der Waals surface area (Å²) in [5.41, 5.74) is -0.199. The maximum absolute atomic E-state index is 13.4. The molecule has 0 fully saturated rings. The van der Waals surface area contributed by atoms with E-state index < -0.39 is 11.6 Å². The second kappa shape index (κ2) is 6.92. The minimum Gasteiger partial charge on any atom is -0.382 e. The number of anilines is 1. The Labute approximate surface area is 103 Å². The number of halogens is 2. The quantitative estimate of drug-likeness (QED) is 0.625. The highest BCUT2D eigenvalue weighted by atomic mass is 32.2. The van der Waals surface area contributed by atoms with Gasteiger partial charge in [0.15, 0.2) is 11.6 Å². The third kappa shape index (κ3) is 3.75. The molecule has 1 N–H and O–H groups in total. The fourth-order valence-electron chi connectivity index (χ4n) is 1.20. The van der Waals surface area contributed by atoms with Gasteiger partial charge in [0.05, 0.1) is 11.3 Å². The third-order valence-corrected chi connectivity index (χ3v) is 2.96. The van der Waals surface area contributed by atoms with Crippen molar-refractivity contribution >= 4 is 17.4 Å². The molecule has 90 valence electrons. The van der Waals surface area contributed by atoms with Crippen LogP contribution in [0.3, 0.4) is 0 Å². The summed E-state index contributed by atoms with van der Waals surface area (Å²) in [5, 5.41) is 11.3. The van der Waals surface area contributed by atoms with Gasteiger partial charge in [0.1, 0.15) is 6.07 Å². The van der Waals surface area contributed by atoms with Crippen LogP contribution >= 0.6 is 11.8 Å². The van der Waals surface area contributed by atoms with E-state index >= 15 is 0 Å². The fraction of sp³-hybridized carbons (Fsp3) is 0.250. The van der Waals surface area contributed by atoms with Gasteiger partial charge in [0.25, 0.3) is 0 Å². The van der Waals surface area contributed by atoms with Crippen molar-refractivity contribution < 1.29 is 8.78 Å². The SMILES string of the molecule is C=CCSCCNc1ccc(C#N)c(F)c1F. The third-order valence-electron chi connectivity index (χ3n) is 2.00. The van der Waals surface area contributed by atoms with E-state index in [1.54, 1.807) is 23.9 Å². The van der Waals surface area contributed by atoms with E-state index in [4.69, 9.17) is 5.26 Å². The van der Waals surface area contributed by atoms with Crippen LogP contribution in [0.4, 0.5) is 14.5 Å². The summed E-state index contributed by atoms with van der Waals surface area (Å²) in [4.78, 5) is 0. The number of hydrogen-bond donors (Lipinski definition) is 1. The van der Waals surface area contributed by atoms with Crippen molar-refractivity contribution in [3.63, 3.8) is 0 Å². The average molecular weight is 254 g/mol. The van der Waals surface area contributed by atoms with Crippen LogP contribution in [-0.4, -0.2) is 18.1 Å². The van der Waals surface area contributed by atoms with Crippen molar-refractivity contribution in [2.45, 2.75) is 0 Å². The lowest BCUT2D eigenvalue weighted by Crippen LogP contribution is -2.07. The molecule has 1 aromatic carbocycles. The number of hydrogen-bond acceptors (Lipinski definition) is 3. The van der Waals surface area contributed by atoms with Crippen LogP contribution in [0.15, 0.2) is 24.8 Å². The Morgan fingerprint density at radius 3 is 2.82 bits per heavy atom. The average Bonchev–Trinajstić information content (AvgIpc) is 2.34. The number of rotatable bonds is 6. The molecule has 0 aliphatic heterocycles. The summed E-state index contributed by atoms with van der Waals surface area (Å²) in [7, 11) is 0. The molecule has 1 rings (SSSR count). The number of nitrogens with zero attached hydrogens (tertiary/aromatic N) is 1. The summed E-state index contributed by atoms with van der Waals surface area (Å²) < 4.78 is 26.6. The van der Waals surface area contributed by atoms with Crippen LogP contribution in [0.2, 0.25) is 0 Å². The standard InChI is InChI=1S/C12H12F2N2S/c1-2-6-17-7-5-16-10-4-3-9(8-15)11(13)12(10)14/h2-4,16H,1,5-7H2. The first kappa shape index (κ1) is 13.5. The van der Waals surface area contributed by atoms with Crippen molar-refractivity contribution in [3.8, 4) is 6.07 Å². The molecule has 0 saturated carbocycles. The van der Waals surface area contributed by atoms with Crippen LogP contribution in [0, 0.1) is 23.0 Å². The molecular formula is C12H12F2N2S. The molecule has 2 nitrogen and oxygen atoms in total. The zero-order valence-electron chi connectivity index (χ0n) is 9.17. The smallest absolute Gasteiger partial charge is 0.183 e. The molecule has 5 heteroatoms. The normalized spacial score (nSPS) is 9.71. The molecule has 0 aromatic heterocycles. The van der Waals surface area contributed by atoms with E-state index in [0.29, 0.717) is 6.54 Å². The van der Waals surface area contributed by atoms with E-state index in [0.717, 1.165) is 11.5 Å². The molecule has 0 heterocycles. The molecule has 1 aromatic rings. The van der Waals surface area contributed by atoms with Gasteiger partial charge in [-0.15, -0.1) is 6.58 Å². The molecule has 0 aliphatic carbocycles. The molecule has 0 unspecified atom stereocenters. The Kier molecular flexibility index (Phi) is 5.50. The maximum atomic E-state index is 13.4. The summed E-state index contributed by atoms with van der Waals surface area (Å²) in [6.45, 7) is 4.11. The Morgan fingerprint density at radius 2 is 2.18 bits per heavy atom. The molecule has 0 saturated heterocycles. The van der Waals surface area contributed by atoms with Crippen LogP contribution in [-0.2, 0) is 0 Å². The van der Waals surface area contributed by atoms with Gasteiger partial charge in [-0.05, 0) is 12.1 Å². The van der Waals surface area contributed by atoms with Crippen molar-refractivity contribution in [2.24, 2.45) is 0 Å². The van der Waals surface area contributed by atoms with Gasteiger partial charge < -0.3 is 5.32 Å². The van der Waals surface area contributed by atoms with Gasteiger partial charge in [0.2, 0.25) is 0 Å². The summed E-state index contributed by atoms with van der Waals surface area (Å²) in [6.07, 6.45) is 1.78. The molecule has 0 amide bonds. The number of benzene rings is 1. The van der Waals surface area contributed by atoms with Gasteiger partial charge in [-0.1, -0.05) is 6.08 Å². The topological polar surface area (TPSA) is 35.8 Å². The van der Waals surface area contributed by atoms with Crippen LogP contribution in [0.5, 0.6) is 0 Å². The van der Waals surface area contributed by atoms with E-state index in [1.165, 1.54) is 12.1 Å². The second-order valence-corrected chi connectivity index (χ2v) is 4.34. The van der Waals surface area contributed by atoms with E-state index in [9.17, 15) is 8.78 Å². The van der Waals surface area contributed by atoms with Gasteiger partial charge in [0, 0.05) is 18.1 Å². The number of nitrogens with one attached hydrogen (secondary N) is 1. The fourth-order valence-corrected chi connectivity index (χ4v) is 1.78. The van der Waals surface area contributed by atoms with Crippen LogP contribution in [0.1, 0.15) is 5.56 Å². The summed E-state index contributed by atoms with van der Waals surface area (Å²) >= 11 is 1.64. The minimum absolute atomic E-state index is 0.0840.